The molecule has 0 unspecified atom stereocenters. The van der Waals surface area contributed by atoms with Gasteiger partial charge in [0.2, 0.25) is 5.91 Å². The Bertz CT molecular complexity index is 352. The number of nitrogens with two attached hydrogens (primary N) is 1. The van der Waals surface area contributed by atoms with Gasteiger partial charge in [-0.05, 0) is 23.8 Å². The van der Waals surface area contributed by atoms with E-state index in [9.17, 15) is 4.79 Å². The van der Waals surface area contributed by atoms with Crippen molar-refractivity contribution in [1.82, 2.24) is 0 Å². The lowest BCUT2D eigenvalue weighted by Gasteiger charge is -2.09. The summed E-state index contributed by atoms with van der Waals surface area (Å²) in [5, 5.41) is 8.94. The van der Waals surface area contributed by atoms with E-state index in [2.05, 4.69) is 15.9 Å². The van der Waals surface area contributed by atoms with Crippen LogP contribution >= 0.6 is 15.9 Å². The highest BCUT2D eigenvalue weighted by atomic mass is 79.9. The van der Waals surface area contributed by atoms with Crippen molar-refractivity contribution in [2.24, 2.45) is 5.73 Å². The van der Waals surface area contributed by atoms with Crippen LogP contribution in [0.5, 0.6) is 0 Å². The minimum atomic E-state index is -0.474. The number of carbonyl (C=O) groups excluding carboxylic acids is 1. The molecule has 3 nitrogen and oxygen atoms in total. The molecule has 0 heterocycles. The number of carbonyl (C=O) groups is 1. The van der Waals surface area contributed by atoms with Gasteiger partial charge in [0.1, 0.15) is 0 Å². The van der Waals surface area contributed by atoms with E-state index in [1.807, 2.05) is 6.07 Å². The third-order valence-electron chi connectivity index (χ3n) is 1.91. The highest BCUT2D eigenvalue weighted by molar-refractivity contribution is 9.10. The number of hydrogen-bond acceptors (Lipinski definition) is 2. The van der Waals surface area contributed by atoms with Gasteiger partial charge in [-0.25, -0.2) is 0 Å². The molecule has 1 rings (SSSR count). The van der Waals surface area contributed by atoms with Crippen LogP contribution in [0.15, 0.2) is 22.7 Å². The fraction of sp³-hybridized carbons (Fsp3) is 0.200. The van der Waals surface area contributed by atoms with Crippen LogP contribution < -0.4 is 5.73 Å². The number of primary amides is 1. The Kier molecular flexibility index (Phi) is 3.66. The molecule has 0 bridgehead atoms. The van der Waals surface area contributed by atoms with Gasteiger partial charge in [-0.3, -0.25) is 4.79 Å². The number of aliphatic hydroxyl groups is 1. The number of aliphatic hydroxyl groups excluding tert-OH is 1. The van der Waals surface area contributed by atoms with Gasteiger partial charge in [-0.15, -0.1) is 0 Å². The van der Waals surface area contributed by atoms with Gasteiger partial charge in [0, 0.05) is 16.0 Å². The molecule has 0 aromatic heterocycles. The van der Waals surface area contributed by atoms with Gasteiger partial charge in [0.15, 0.2) is 0 Å². The summed E-state index contributed by atoms with van der Waals surface area (Å²) in [6.45, 7) is 1.77. The van der Waals surface area contributed by atoms with Crippen LogP contribution in [0.2, 0.25) is 0 Å². The molecule has 0 aliphatic heterocycles. The highest BCUT2D eigenvalue weighted by Crippen LogP contribution is 2.21. The maximum Gasteiger partial charge on any atom is 0.248 e. The van der Waals surface area contributed by atoms with E-state index in [0.29, 0.717) is 5.56 Å². The second kappa shape index (κ2) is 4.57. The molecule has 75 valence electrons. The largest absolute Gasteiger partial charge is 0.395 e. The number of rotatable bonds is 3. The number of hydrogen-bond donors (Lipinski definition) is 2. The van der Waals surface area contributed by atoms with Gasteiger partial charge < -0.3 is 10.8 Å². The van der Waals surface area contributed by atoms with Crippen molar-refractivity contribution in [2.75, 3.05) is 6.61 Å². The lowest BCUT2D eigenvalue weighted by molar-refractivity contribution is 0.1000. The lowest BCUT2D eigenvalue weighted by Crippen LogP contribution is -2.12. The van der Waals surface area contributed by atoms with E-state index >= 15 is 0 Å². The van der Waals surface area contributed by atoms with Crippen molar-refractivity contribution in [2.45, 2.75) is 6.92 Å². The zero-order chi connectivity index (χ0) is 10.7. The first-order chi connectivity index (χ1) is 6.54. The Morgan fingerprint density at radius 2 is 2.00 bits per heavy atom. The van der Waals surface area contributed by atoms with E-state index in [-0.39, 0.29) is 6.61 Å². The van der Waals surface area contributed by atoms with E-state index in [1.54, 1.807) is 19.1 Å². The zero-order valence-corrected chi connectivity index (χ0v) is 9.34. The minimum absolute atomic E-state index is 0.0331. The van der Waals surface area contributed by atoms with Crippen molar-refractivity contribution in [3.8, 4) is 0 Å². The topological polar surface area (TPSA) is 63.3 Å². The van der Waals surface area contributed by atoms with Gasteiger partial charge >= 0.3 is 0 Å². The molecule has 3 N–H and O–H groups in total. The zero-order valence-electron chi connectivity index (χ0n) is 7.75. The summed E-state index contributed by atoms with van der Waals surface area (Å²) < 4.78 is 0.775. The average molecular weight is 257 g/mol. The highest BCUT2D eigenvalue weighted by Gasteiger charge is 2.09. The van der Waals surface area contributed by atoms with Crippen LogP contribution in [0.3, 0.4) is 0 Å². The first kappa shape index (κ1) is 11.2. The molecule has 4 heteroatoms. The number of halogens is 1. The van der Waals surface area contributed by atoms with Crippen molar-refractivity contribution >= 4 is 21.8 Å². The number of benzene rings is 1. The molecule has 0 aliphatic carbocycles. The Morgan fingerprint density at radius 1 is 1.43 bits per heavy atom. The maximum absolute atomic E-state index is 10.9. The molecular formula is C10H11BrNO2. The molecule has 0 fully saturated rings. The molecule has 0 spiro atoms. The third kappa shape index (κ3) is 2.56. The Balaban J connectivity index is 3.13. The quantitative estimate of drug-likeness (QED) is 0.861. The van der Waals surface area contributed by atoms with Crippen LogP contribution in [0.1, 0.15) is 22.8 Å². The lowest BCUT2D eigenvalue weighted by atomic mass is 10.00. The molecule has 1 aromatic rings. The number of amides is 1. The van der Waals surface area contributed by atoms with Gasteiger partial charge in [-0.1, -0.05) is 22.9 Å². The third-order valence-corrected chi connectivity index (χ3v) is 2.37. The predicted molar refractivity (Wildman–Crippen MR) is 57.8 cm³/mol. The van der Waals surface area contributed by atoms with E-state index in [1.165, 1.54) is 0 Å². The van der Waals surface area contributed by atoms with Crippen molar-refractivity contribution in [3.63, 3.8) is 0 Å². The molecular weight excluding hydrogens is 246 g/mol. The first-order valence-electron chi connectivity index (χ1n) is 4.08. The summed E-state index contributed by atoms with van der Waals surface area (Å²) >= 11 is 3.28. The monoisotopic (exact) mass is 256 g/mol. The van der Waals surface area contributed by atoms with Crippen LogP contribution in [0.4, 0.5) is 0 Å². The second-order valence-corrected chi connectivity index (χ2v) is 3.95. The first-order valence-corrected chi connectivity index (χ1v) is 4.88. The predicted octanol–water partition coefficient (Wildman–Crippen LogP) is 1.48. The summed E-state index contributed by atoms with van der Waals surface area (Å²) in [6.07, 6.45) is 0. The molecule has 1 amide bonds. The smallest absolute Gasteiger partial charge is 0.248 e. The van der Waals surface area contributed by atoms with Crippen LogP contribution in [-0.2, 0) is 0 Å². The summed E-state index contributed by atoms with van der Waals surface area (Å²) in [7, 11) is 0. The average Bonchev–Trinajstić information content (AvgIpc) is 2.15. The molecule has 14 heavy (non-hydrogen) atoms. The molecule has 0 atom stereocenters. The Hall–Kier alpha value is -0.870. The van der Waals surface area contributed by atoms with Crippen molar-refractivity contribution < 1.29 is 9.90 Å². The normalized spacial score (nSPS) is 10.6. The molecule has 1 aromatic carbocycles. The molecule has 0 aliphatic rings. The maximum atomic E-state index is 10.9. The van der Waals surface area contributed by atoms with E-state index in [4.69, 9.17) is 10.8 Å². The summed E-state index contributed by atoms with van der Waals surface area (Å²) in [5.41, 5.74) is 6.41. The summed E-state index contributed by atoms with van der Waals surface area (Å²) in [5.74, 6) is 0.326. The SMILES string of the molecule is C[C](CO)c1cc(Br)cc(C(N)=O)c1. The van der Waals surface area contributed by atoms with Crippen LogP contribution in [0, 0.1) is 5.92 Å². The van der Waals surface area contributed by atoms with Crippen LogP contribution in [0.25, 0.3) is 0 Å². The van der Waals surface area contributed by atoms with E-state index < -0.39 is 5.91 Å². The van der Waals surface area contributed by atoms with Crippen molar-refractivity contribution in [1.29, 1.82) is 0 Å². The van der Waals surface area contributed by atoms with Crippen LogP contribution in [-0.4, -0.2) is 17.6 Å². The van der Waals surface area contributed by atoms with Crippen molar-refractivity contribution in [3.05, 3.63) is 39.7 Å². The summed E-state index contributed by atoms with van der Waals surface area (Å²) in [4.78, 5) is 10.9. The standard InChI is InChI=1S/C10H11BrNO2/c1-6(5-13)7-2-8(10(12)14)4-9(11)3-7/h2-4,13H,5H2,1H3,(H2,12,14). The minimum Gasteiger partial charge on any atom is -0.395 e. The fourth-order valence-electron chi connectivity index (χ4n) is 1.07. The fourth-order valence-corrected chi connectivity index (χ4v) is 1.56. The Morgan fingerprint density at radius 3 is 2.50 bits per heavy atom. The second-order valence-electron chi connectivity index (χ2n) is 3.03. The van der Waals surface area contributed by atoms with E-state index in [0.717, 1.165) is 16.0 Å². The summed E-state index contributed by atoms with van der Waals surface area (Å²) in [6, 6.07) is 5.15. The Labute approximate surface area is 91.1 Å². The molecule has 0 saturated carbocycles. The van der Waals surface area contributed by atoms with Gasteiger partial charge in [0.05, 0.1) is 6.61 Å². The molecule has 1 radical (unpaired) electrons. The van der Waals surface area contributed by atoms with Gasteiger partial charge in [-0.2, -0.15) is 0 Å². The van der Waals surface area contributed by atoms with Gasteiger partial charge in [0.25, 0.3) is 0 Å². The molecule has 0 saturated heterocycles.